The molecule has 1 fully saturated rings. The predicted octanol–water partition coefficient (Wildman–Crippen LogP) is 5.06. The van der Waals surface area contributed by atoms with Gasteiger partial charge in [-0.2, -0.15) is 0 Å². The minimum absolute atomic E-state index is 0.0170. The van der Waals surface area contributed by atoms with Crippen LogP contribution in [0, 0.1) is 12.8 Å². The molecule has 0 aliphatic carbocycles. The van der Waals surface area contributed by atoms with Crippen molar-refractivity contribution in [2.75, 3.05) is 33.3 Å². The van der Waals surface area contributed by atoms with Gasteiger partial charge in [0.05, 0.1) is 18.4 Å². The van der Waals surface area contributed by atoms with Gasteiger partial charge in [0, 0.05) is 48.5 Å². The van der Waals surface area contributed by atoms with E-state index >= 15 is 0 Å². The lowest BCUT2D eigenvalue weighted by atomic mass is 10.1. The molecule has 0 bridgehead atoms. The molecule has 7 heteroatoms. The van der Waals surface area contributed by atoms with Crippen molar-refractivity contribution in [2.45, 2.75) is 20.8 Å². The summed E-state index contributed by atoms with van der Waals surface area (Å²) in [7, 11) is 1.64. The highest BCUT2D eigenvalue weighted by Gasteiger charge is 2.28. The second-order valence-corrected chi connectivity index (χ2v) is 9.28. The highest BCUT2D eigenvalue weighted by Crippen LogP contribution is 2.32. The van der Waals surface area contributed by atoms with Gasteiger partial charge in [0.2, 0.25) is 5.91 Å². The zero-order valence-corrected chi connectivity index (χ0v) is 20.8. The average molecular weight is 480 g/mol. The zero-order chi connectivity index (χ0) is 24.4. The lowest BCUT2D eigenvalue weighted by molar-refractivity contribution is -0.135. The Kier molecular flexibility index (Phi) is 6.98. The summed E-state index contributed by atoms with van der Waals surface area (Å²) < 4.78 is 7.41. The first-order valence-corrected chi connectivity index (χ1v) is 11.9. The van der Waals surface area contributed by atoms with E-state index in [0.29, 0.717) is 36.8 Å². The third-order valence-electron chi connectivity index (χ3n) is 6.32. The van der Waals surface area contributed by atoms with E-state index in [9.17, 15) is 9.59 Å². The molecule has 2 aromatic carbocycles. The van der Waals surface area contributed by atoms with Gasteiger partial charge in [-0.1, -0.05) is 37.6 Å². The third-order valence-corrected chi connectivity index (χ3v) is 6.57. The van der Waals surface area contributed by atoms with Crippen LogP contribution >= 0.6 is 11.6 Å². The van der Waals surface area contributed by atoms with Crippen LogP contribution in [0.25, 0.3) is 16.9 Å². The Morgan fingerprint density at radius 2 is 1.50 bits per heavy atom. The Bertz CT molecular complexity index is 1180. The highest BCUT2D eigenvalue weighted by molar-refractivity contribution is 6.30. The second-order valence-electron chi connectivity index (χ2n) is 8.84. The van der Waals surface area contributed by atoms with E-state index in [0.717, 1.165) is 28.4 Å². The van der Waals surface area contributed by atoms with Crippen molar-refractivity contribution < 1.29 is 14.3 Å². The van der Waals surface area contributed by atoms with Crippen LogP contribution in [0.5, 0.6) is 5.75 Å². The number of aromatic nitrogens is 1. The number of hydrogen-bond donors (Lipinski definition) is 0. The van der Waals surface area contributed by atoms with E-state index < -0.39 is 0 Å². The molecule has 2 amide bonds. The molecule has 0 radical (unpaired) electrons. The molecule has 1 aliphatic rings. The lowest BCUT2D eigenvalue weighted by Crippen LogP contribution is -2.51. The monoisotopic (exact) mass is 479 g/mol. The number of piperazine rings is 1. The fourth-order valence-corrected chi connectivity index (χ4v) is 4.51. The van der Waals surface area contributed by atoms with Crippen LogP contribution in [-0.4, -0.2) is 59.5 Å². The number of hydrogen-bond acceptors (Lipinski definition) is 3. The van der Waals surface area contributed by atoms with Gasteiger partial charge in [0.25, 0.3) is 5.91 Å². The van der Waals surface area contributed by atoms with Crippen molar-refractivity contribution in [2.24, 2.45) is 5.92 Å². The smallest absolute Gasteiger partial charge is 0.255 e. The predicted molar refractivity (Wildman–Crippen MR) is 135 cm³/mol. The summed E-state index contributed by atoms with van der Waals surface area (Å²) in [4.78, 5) is 29.6. The van der Waals surface area contributed by atoms with Crippen molar-refractivity contribution in [1.29, 1.82) is 0 Å². The van der Waals surface area contributed by atoms with E-state index in [1.165, 1.54) is 0 Å². The van der Waals surface area contributed by atoms with Gasteiger partial charge in [-0.05, 0) is 55.0 Å². The number of amides is 2. The molecule has 178 valence electrons. The molecule has 34 heavy (non-hydrogen) atoms. The van der Waals surface area contributed by atoms with Gasteiger partial charge < -0.3 is 19.1 Å². The first-order valence-electron chi connectivity index (χ1n) is 11.5. The van der Waals surface area contributed by atoms with Gasteiger partial charge in [-0.3, -0.25) is 9.59 Å². The van der Waals surface area contributed by atoms with Gasteiger partial charge >= 0.3 is 0 Å². The first-order chi connectivity index (χ1) is 16.3. The Balaban J connectivity index is 1.69. The number of benzene rings is 2. The maximum absolute atomic E-state index is 13.6. The fourth-order valence-electron chi connectivity index (χ4n) is 4.39. The summed E-state index contributed by atoms with van der Waals surface area (Å²) in [6, 6.07) is 17.4. The first kappa shape index (κ1) is 23.9. The largest absolute Gasteiger partial charge is 0.497 e. The summed E-state index contributed by atoms with van der Waals surface area (Å²) in [5, 5.41) is 0.660. The molecule has 4 rings (SSSR count). The molecule has 0 atom stereocenters. The number of methoxy groups -OCH3 is 1. The van der Waals surface area contributed by atoms with E-state index in [-0.39, 0.29) is 17.7 Å². The van der Waals surface area contributed by atoms with E-state index in [2.05, 4.69) is 4.57 Å². The van der Waals surface area contributed by atoms with Gasteiger partial charge in [-0.15, -0.1) is 0 Å². The number of ether oxygens (including phenoxy) is 1. The molecule has 0 unspecified atom stereocenters. The number of carbonyl (C=O) groups is 2. The van der Waals surface area contributed by atoms with Gasteiger partial charge in [0.15, 0.2) is 0 Å². The maximum atomic E-state index is 13.6. The standard InChI is InChI=1S/C27H30ClN3O3/c1-18(2)26(32)29-13-15-30(16-14-29)27(33)24-17-25(20-5-7-21(28)8-6-20)31(19(24)3)22-9-11-23(34-4)12-10-22/h5-12,17-18H,13-16H2,1-4H3. The molecule has 3 aromatic rings. The normalized spacial score (nSPS) is 13.9. The third kappa shape index (κ3) is 4.68. The number of nitrogens with zero attached hydrogens (tertiary/aromatic N) is 3. The summed E-state index contributed by atoms with van der Waals surface area (Å²) in [6.07, 6.45) is 0. The van der Waals surface area contributed by atoms with Crippen molar-refractivity contribution in [3.05, 3.63) is 70.9 Å². The van der Waals surface area contributed by atoms with Crippen LogP contribution in [0.4, 0.5) is 0 Å². The number of halogens is 1. The van der Waals surface area contributed by atoms with Gasteiger partial charge in [0.1, 0.15) is 5.75 Å². The summed E-state index contributed by atoms with van der Waals surface area (Å²) in [5.74, 6) is 0.854. The van der Waals surface area contributed by atoms with Crippen LogP contribution in [0.3, 0.4) is 0 Å². The summed E-state index contributed by atoms with van der Waals surface area (Å²) in [6.45, 7) is 7.96. The summed E-state index contributed by atoms with van der Waals surface area (Å²) in [5.41, 5.74) is 4.34. The van der Waals surface area contributed by atoms with Crippen molar-refractivity contribution in [3.8, 4) is 22.7 Å². The van der Waals surface area contributed by atoms with E-state index in [1.807, 2.05) is 85.2 Å². The number of carbonyl (C=O) groups excluding carboxylic acids is 2. The lowest BCUT2D eigenvalue weighted by Gasteiger charge is -2.35. The Morgan fingerprint density at radius 3 is 2.06 bits per heavy atom. The average Bonchev–Trinajstić information content (AvgIpc) is 3.20. The van der Waals surface area contributed by atoms with Crippen LogP contribution in [0.15, 0.2) is 54.6 Å². The van der Waals surface area contributed by atoms with E-state index in [1.54, 1.807) is 7.11 Å². The molecular weight excluding hydrogens is 450 g/mol. The van der Waals surface area contributed by atoms with Crippen molar-refractivity contribution in [1.82, 2.24) is 14.4 Å². The molecule has 1 aliphatic heterocycles. The molecule has 0 N–H and O–H groups in total. The Morgan fingerprint density at radius 1 is 0.912 bits per heavy atom. The molecule has 0 saturated carbocycles. The molecular formula is C27H30ClN3O3. The minimum Gasteiger partial charge on any atom is -0.497 e. The molecule has 2 heterocycles. The number of rotatable bonds is 5. The van der Waals surface area contributed by atoms with Crippen LogP contribution in [0.1, 0.15) is 29.9 Å². The maximum Gasteiger partial charge on any atom is 0.255 e. The fraction of sp³-hybridized carbons (Fsp3) is 0.333. The molecule has 0 spiro atoms. The topological polar surface area (TPSA) is 54.8 Å². The SMILES string of the molecule is COc1ccc(-n2c(-c3ccc(Cl)cc3)cc(C(=O)N3CCN(C(=O)C(C)C)CC3)c2C)cc1. The van der Waals surface area contributed by atoms with Crippen LogP contribution in [0.2, 0.25) is 5.02 Å². The van der Waals surface area contributed by atoms with Crippen LogP contribution in [-0.2, 0) is 4.79 Å². The van der Waals surface area contributed by atoms with Crippen molar-refractivity contribution in [3.63, 3.8) is 0 Å². The van der Waals surface area contributed by atoms with Gasteiger partial charge in [-0.25, -0.2) is 0 Å². The van der Waals surface area contributed by atoms with E-state index in [4.69, 9.17) is 16.3 Å². The quantitative estimate of drug-likeness (QED) is 0.514. The van der Waals surface area contributed by atoms with Crippen LogP contribution < -0.4 is 4.74 Å². The zero-order valence-electron chi connectivity index (χ0n) is 20.0. The Hall–Kier alpha value is -3.25. The van der Waals surface area contributed by atoms with Crippen molar-refractivity contribution >= 4 is 23.4 Å². The summed E-state index contributed by atoms with van der Waals surface area (Å²) >= 11 is 6.12. The molecule has 1 aromatic heterocycles. The second kappa shape index (κ2) is 9.94. The minimum atomic E-state index is -0.0371. The Labute approximate surface area is 205 Å². The molecule has 6 nitrogen and oxygen atoms in total. The molecule has 1 saturated heterocycles. The highest BCUT2D eigenvalue weighted by atomic mass is 35.5.